The molecule has 0 aliphatic heterocycles. The summed E-state index contributed by atoms with van der Waals surface area (Å²) >= 11 is 0. The molecule has 1 rings (SSSR count). The van der Waals surface area contributed by atoms with Gasteiger partial charge >= 0.3 is 0 Å². The molecule has 0 atom stereocenters. The molecular weight excluding hydrogens is 273 g/mol. The van der Waals surface area contributed by atoms with Gasteiger partial charge in [-0.05, 0) is 0 Å². The van der Waals surface area contributed by atoms with Crippen LogP contribution in [0.4, 0.5) is 0 Å². The van der Waals surface area contributed by atoms with Gasteiger partial charge in [0.15, 0.2) is 0 Å². The summed E-state index contributed by atoms with van der Waals surface area (Å²) in [5, 5.41) is 9.33. The van der Waals surface area contributed by atoms with E-state index in [1.807, 2.05) is 0 Å². The number of rotatable bonds is 0. The van der Waals surface area contributed by atoms with Gasteiger partial charge in [0.1, 0.15) is 0 Å². The van der Waals surface area contributed by atoms with E-state index in [1.54, 1.807) is 12.4 Å². The Hall–Kier alpha value is 0.0621. The van der Waals surface area contributed by atoms with Crippen LogP contribution in [0.1, 0.15) is 0 Å². The maximum absolute atomic E-state index is 3.49. The molecule has 4 radical (unpaired) electrons. The van der Waals surface area contributed by atoms with Crippen molar-refractivity contribution in [2.24, 2.45) is 0 Å². The molecule has 0 aliphatic carbocycles. The van der Waals surface area contributed by atoms with Gasteiger partial charge in [0.25, 0.3) is 0 Å². The normalized spacial score (nSPS) is 6.67. The molecule has 0 fully saturated rings. The predicted molar refractivity (Wildman–Crippen MR) is 22.1 cm³/mol. The Morgan fingerprint density at radius 2 is 1.67 bits per heavy atom. The van der Waals surface area contributed by atoms with E-state index in [-0.39, 0.29) is 27.3 Å². The molecule has 0 spiro atoms. The fourth-order valence-electron chi connectivity index (χ4n) is 0.167. The van der Waals surface area contributed by atoms with Crippen molar-refractivity contribution in [1.29, 1.82) is 0 Å². The van der Waals surface area contributed by atoms with Crippen molar-refractivity contribution in [1.82, 2.24) is 15.4 Å². The molecule has 0 aromatic carbocycles. The van der Waals surface area contributed by atoms with Gasteiger partial charge in [0.2, 0.25) is 0 Å². The number of nitrogens with zero attached hydrogens (tertiary/aromatic N) is 2. The minimum Gasteiger partial charge on any atom is -0.198 e. The summed E-state index contributed by atoms with van der Waals surface area (Å²) in [5.74, 6) is 0. The second-order valence-electron chi connectivity index (χ2n) is 0.656. The maximum atomic E-state index is 3.49. The second kappa shape index (κ2) is 3.26. The predicted octanol–water partition coefficient (Wildman–Crippen LogP) is -0.576. The van der Waals surface area contributed by atoms with Crippen molar-refractivity contribution < 1.29 is 0 Å². The molecule has 1 heterocycles. The third kappa shape index (κ3) is 1.49. The second-order valence-corrected chi connectivity index (χ2v) is 0.656. The number of aromatic amines is 1. The van der Waals surface area contributed by atoms with Crippen LogP contribution in [0.25, 0.3) is 0 Å². The van der Waals surface area contributed by atoms with Crippen LogP contribution in [-0.4, -0.2) is 42.7 Å². The third-order valence-electron chi connectivity index (χ3n) is 0.331. The molecule has 1 N–H and O–H groups in total. The van der Waals surface area contributed by atoms with E-state index < -0.39 is 0 Å². The summed E-state index contributed by atoms with van der Waals surface area (Å²) in [7, 11) is 0. The van der Waals surface area contributed by atoms with Gasteiger partial charge in [-0.25, -0.2) is 0 Å². The molecule has 30 valence electrons. The number of H-pyrrole nitrogens is 1. The van der Waals surface area contributed by atoms with Gasteiger partial charge < -0.3 is 0 Å². The van der Waals surface area contributed by atoms with Crippen molar-refractivity contribution in [2.75, 3.05) is 0 Å². The summed E-state index contributed by atoms with van der Waals surface area (Å²) in [6.07, 6.45) is 3.17. The number of aromatic nitrogens is 3. The largest absolute Gasteiger partial charge is 0.198 e. The van der Waals surface area contributed by atoms with Crippen molar-refractivity contribution >= 4 is 27.3 Å². The van der Waals surface area contributed by atoms with Crippen LogP contribution in [-0.2, 0) is 0 Å². The monoisotopic (exact) mass is 277 g/mol. The fraction of sp³-hybridized carbons (Fsp3) is 0. The van der Waals surface area contributed by atoms with Gasteiger partial charge in [0.05, 0.1) is 12.4 Å². The van der Waals surface area contributed by atoms with Gasteiger partial charge in [-0.15, -0.1) is 0 Å². The third-order valence-corrected chi connectivity index (χ3v) is 0.331. The van der Waals surface area contributed by atoms with Crippen LogP contribution < -0.4 is 0 Å². The van der Waals surface area contributed by atoms with Crippen molar-refractivity contribution in [3.8, 4) is 0 Å². The van der Waals surface area contributed by atoms with E-state index in [0.29, 0.717) is 0 Å². The van der Waals surface area contributed by atoms with Gasteiger partial charge in [-0.2, -0.15) is 15.4 Å². The molecule has 0 saturated carbocycles. The Morgan fingerprint density at radius 3 is 1.83 bits per heavy atom. The summed E-state index contributed by atoms with van der Waals surface area (Å²) in [5.41, 5.74) is 0. The van der Waals surface area contributed by atoms with Crippen LogP contribution >= 0.6 is 0 Å². The first kappa shape index (κ1) is 6.06. The molecule has 4 heteroatoms. The zero-order valence-electron chi connectivity index (χ0n) is 3.05. The van der Waals surface area contributed by atoms with E-state index in [1.165, 1.54) is 0 Å². The average molecular weight is 276 g/mol. The molecule has 6 heavy (non-hydrogen) atoms. The summed E-state index contributed by atoms with van der Waals surface area (Å²) in [6, 6.07) is 0. The quantitative estimate of drug-likeness (QED) is 0.644. The van der Waals surface area contributed by atoms with Gasteiger partial charge in [-0.3, -0.25) is 0 Å². The molecule has 3 nitrogen and oxygen atoms in total. The van der Waals surface area contributed by atoms with Crippen molar-refractivity contribution in [3.05, 3.63) is 12.4 Å². The molecule has 0 unspecified atom stereocenters. The summed E-state index contributed by atoms with van der Waals surface area (Å²) in [6.45, 7) is 0. The zero-order chi connectivity index (χ0) is 3.54. The maximum Gasteiger partial charge on any atom is 0.0690 e. The Kier molecular flexibility index (Phi) is 3.29. The molecular formula is C2H3N3Pb. The number of hydrogen-bond acceptors (Lipinski definition) is 2. The van der Waals surface area contributed by atoms with E-state index in [9.17, 15) is 0 Å². The van der Waals surface area contributed by atoms with Crippen molar-refractivity contribution in [3.63, 3.8) is 0 Å². The van der Waals surface area contributed by atoms with Gasteiger partial charge in [0, 0.05) is 27.3 Å². The van der Waals surface area contributed by atoms with Crippen LogP contribution in [0.5, 0.6) is 0 Å². The Labute approximate surface area is 55.3 Å². The minimum absolute atomic E-state index is 0. The number of hydrogen-bond donors (Lipinski definition) is 1. The Balaban J connectivity index is 0.000000250. The first-order valence-electron chi connectivity index (χ1n) is 1.30. The zero-order valence-corrected chi connectivity index (χ0v) is 6.94. The fourth-order valence-corrected chi connectivity index (χ4v) is 0.167. The van der Waals surface area contributed by atoms with Crippen molar-refractivity contribution in [2.45, 2.75) is 0 Å². The number of nitrogens with one attached hydrogen (secondary N) is 1. The molecule has 0 saturated heterocycles. The molecule has 0 amide bonds. The van der Waals surface area contributed by atoms with Crippen LogP contribution in [0.15, 0.2) is 12.4 Å². The van der Waals surface area contributed by atoms with E-state index >= 15 is 0 Å². The minimum atomic E-state index is 0. The average Bonchev–Trinajstić information content (AvgIpc) is 1.76. The smallest absolute Gasteiger partial charge is 0.0690 e. The van der Waals surface area contributed by atoms with E-state index in [2.05, 4.69) is 15.4 Å². The molecule has 1 aromatic heterocycles. The summed E-state index contributed by atoms with van der Waals surface area (Å²) in [4.78, 5) is 0. The van der Waals surface area contributed by atoms with Gasteiger partial charge in [-0.1, -0.05) is 0 Å². The van der Waals surface area contributed by atoms with Crippen LogP contribution in [0, 0.1) is 0 Å². The molecule has 0 aliphatic rings. The first-order chi connectivity index (χ1) is 2.50. The first-order valence-corrected chi connectivity index (χ1v) is 1.30. The van der Waals surface area contributed by atoms with Crippen LogP contribution in [0.2, 0.25) is 0 Å². The standard InChI is InChI=1S/C2H3N3.Pb/c1-2-4-5-3-1;/h1-2H,(H,3,4,5);. The van der Waals surface area contributed by atoms with E-state index in [0.717, 1.165) is 0 Å². The molecule has 0 bridgehead atoms. The SMILES string of the molecule is [Pb].c1cn[nH]n1. The summed E-state index contributed by atoms with van der Waals surface area (Å²) < 4.78 is 0. The Morgan fingerprint density at radius 1 is 1.17 bits per heavy atom. The Bertz CT molecular complexity index is 65.3. The topological polar surface area (TPSA) is 41.6 Å². The van der Waals surface area contributed by atoms with Crippen LogP contribution in [0.3, 0.4) is 0 Å². The molecule has 1 aromatic rings. The van der Waals surface area contributed by atoms with E-state index in [4.69, 9.17) is 0 Å².